The smallest absolute Gasteiger partial charge is 0.325 e. The Morgan fingerprint density at radius 3 is 2.93 bits per heavy atom. The van der Waals surface area contributed by atoms with Crippen molar-refractivity contribution in [1.29, 1.82) is 0 Å². The zero-order valence-electron chi connectivity index (χ0n) is 8.65. The van der Waals surface area contributed by atoms with Gasteiger partial charge in [0.15, 0.2) is 0 Å². The molecule has 0 saturated carbocycles. The zero-order chi connectivity index (χ0) is 10.6. The largest absolute Gasteiger partial charge is 0.468 e. The van der Waals surface area contributed by atoms with Crippen LogP contribution in [0.25, 0.3) is 0 Å². The predicted octanol–water partition coefficient (Wildman–Crippen LogP) is 1.05. The molecule has 0 aliphatic rings. The predicted molar refractivity (Wildman–Crippen MR) is 53.1 cm³/mol. The molecule has 1 aromatic rings. The number of nitrogens with zero attached hydrogens (tertiary/aromatic N) is 2. The van der Waals surface area contributed by atoms with Gasteiger partial charge in [0.05, 0.1) is 7.11 Å². The van der Waals surface area contributed by atoms with E-state index in [1.807, 2.05) is 30.8 Å². The molecule has 1 rings (SSSR count). The molecular weight excluding hydrogens is 182 g/mol. The first-order valence-electron chi connectivity index (χ1n) is 4.49. The molecule has 1 aromatic heterocycles. The van der Waals surface area contributed by atoms with Gasteiger partial charge in [-0.3, -0.25) is 9.48 Å². The Morgan fingerprint density at radius 2 is 2.43 bits per heavy atom. The lowest BCUT2D eigenvalue weighted by Crippen LogP contribution is -2.15. The fourth-order valence-corrected chi connectivity index (χ4v) is 0.955. The normalized spacial score (nSPS) is 10.3. The fraction of sp³-hybridized carbons (Fsp3) is 0.556. The van der Waals surface area contributed by atoms with Crippen molar-refractivity contribution < 1.29 is 9.53 Å². The summed E-state index contributed by atoms with van der Waals surface area (Å²) in [6.07, 6.45) is 1.87. The van der Waals surface area contributed by atoms with Crippen LogP contribution in [0.1, 0.15) is 19.9 Å². The van der Waals surface area contributed by atoms with E-state index in [1.165, 1.54) is 7.11 Å². The van der Waals surface area contributed by atoms with E-state index in [4.69, 9.17) is 0 Å². The fourth-order valence-electron chi connectivity index (χ4n) is 0.955. The Morgan fingerprint density at radius 1 is 1.71 bits per heavy atom. The van der Waals surface area contributed by atoms with Crippen molar-refractivity contribution in [2.75, 3.05) is 19.0 Å². The first-order valence-corrected chi connectivity index (χ1v) is 4.49. The van der Waals surface area contributed by atoms with Crippen LogP contribution in [0.5, 0.6) is 0 Å². The summed E-state index contributed by atoms with van der Waals surface area (Å²) >= 11 is 0. The van der Waals surface area contributed by atoms with Crippen molar-refractivity contribution in [3.05, 3.63) is 12.3 Å². The third-order valence-corrected chi connectivity index (χ3v) is 1.78. The van der Waals surface area contributed by atoms with E-state index in [0.717, 1.165) is 0 Å². The van der Waals surface area contributed by atoms with Crippen molar-refractivity contribution in [3.63, 3.8) is 0 Å². The van der Waals surface area contributed by atoms with Crippen LogP contribution in [0.4, 0.5) is 5.82 Å². The molecule has 0 radical (unpaired) electrons. The van der Waals surface area contributed by atoms with Crippen LogP contribution in [0.15, 0.2) is 12.3 Å². The van der Waals surface area contributed by atoms with Crippen LogP contribution >= 0.6 is 0 Å². The number of anilines is 1. The standard InChI is InChI=1S/C9H15N3O2/c1-7(2)12-5-4-8(11-12)10-6-9(13)14-3/h4-5,7H,6H2,1-3H3,(H,10,11). The number of rotatable bonds is 4. The van der Waals surface area contributed by atoms with E-state index >= 15 is 0 Å². The highest BCUT2D eigenvalue weighted by molar-refractivity contribution is 5.74. The summed E-state index contributed by atoms with van der Waals surface area (Å²) in [4.78, 5) is 10.8. The van der Waals surface area contributed by atoms with E-state index in [2.05, 4.69) is 15.2 Å². The summed E-state index contributed by atoms with van der Waals surface area (Å²) in [6.45, 7) is 4.22. The molecule has 5 heteroatoms. The first kappa shape index (κ1) is 10.6. The molecule has 0 aliphatic heterocycles. The van der Waals surface area contributed by atoms with E-state index in [0.29, 0.717) is 11.9 Å². The topological polar surface area (TPSA) is 56.1 Å². The van der Waals surface area contributed by atoms with E-state index in [-0.39, 0.29) is 12.5 Å². The number of carbonyl (C=O) groups is 1. The summed E-state index contributed by atoms with van der Waals surface area (Å²) in [7, 11) is 1.36. The summed E-state index contributed by atoms with van der Waals surface area (Å²) in [5, 5.41) is 7.08. The van der Waals surface area contributed by atoms with Crippen LogP contribution in [-0.4, -0.2) is 29.4 Å². The highest BCUT2D eigenvalue weighted by atomic mass is 16.5. The highest BCUT2D eigenvalue weighted by Gasteiger charge is 2.03. The molecular formula is C9H15N3O2. The molecule has 0 aliphatic carbocycles. The molecule has 5 nitrogen and oxygen atoms in total. The van der Waals surface area contributed by atoms with Gasteiger partial charge in [-0.2, -0.15) is 5.10 Å². The lowest BCUT2D eigenvalue weighted by molar-refractivity contribution is -0.138. The molecule has 78 valence electrons. The average Bonchev–Trinajstić information content (AvgIpc) is 2.62. The zero-order valence-corrected chi connectivity index (χ0v) is 8.65. The molecule has 0 aromatic carbocycles. The number of methoxy groups -OCH3 is 1. The molecule has 14 heavy (non-hydrogen) atoms. The van der Waals surface area contributed by atoms with Gasteiger partial charge in [0.2, 0.25) is 0 Å². The minimum atomic E-state index is -0.302. The monoisotopic (exact) mass is 197 g/mol. The second-order valence-corrected chi connectivity index (χ2v) is 3.20. The molecule has 1 N–H and O–H groups in total. The van der Waals surface area contributed by atoms with Crippen molar-refractivity contribution in [2.24, 2.45) is 0 Å². The van der Waals surface area contributed by atoms with Gasteiger partial charge in [-0.05, 0) is 13.8 Å². The second-order valence-electron chi connectivity index (χ2n) is 3.20. The minimum absolute atomic E-state index is 0.144. The van der Waals surface area contributed by atoms with Gasteiger partial charge in [-0.1, -0.05) is 0 Å². The van der Waals surface area contributed by atoms with Crippen molar-refractivity contribution in [1.82, 2.24) is 9.78 Å². The van der Waals surface area contributed by atoms with E-state index in [9.17, 15) is 4.79 Å². The molecule has 0 bridgehead atoms. The Bertz CT molecular complexity index is 307. The van der Waals surface area contributed by atoms with Gasteiger partial charge in [-0.25, -0.2) is 0 Å². The van der Waals surface area contributed by atoms with Gasteiger partial charge < -0.3 is 10.1 Å². The lowest BCUT2D eigenvalue weighted by Gasteiger charge is -2.04. The van der Waals surface area contributed by atoms with Crippen molar-refractivity contribution in [3.8, 4) is 0 Å². The number of nitrogens with one attached hydrogen (secondary N) is 1. The Balaban J connectivity index is 2.48. The number of aromatic nitrogens is 2. The van der Waals surface area contributed by atoms with Gasteiger partial charge in [-0.15, -0.1) is 0 Å². The third kappa shape index (κ3) is 2.76. The highest BCUT2D eigenvalue weighted by Crippen LogP contribution is 2.07. The van der Waals surface area contributed by atoms with Crippen LogP contribution < -0.4 is 5.32 Å². The Labute approximate surface area is 83.1 Å². The molecule has 0 amide bonds. The summed E-state index contributed by atoms with van der Waals surface area (Å²) < 4.78 is 6.31. The van der Waals surface area contributed by atoms with Crippen LogP contribution in [0.3, 0.4) is 0 Å². The van der Waals surface area contributed by atoms with Crippen molar-refractivity contribution >= 4 is 11.8 Å². The third-order valence-electron chi connectivity index (χ3n) is 1.78. The van der Waals surface area contributed by atoms with Crippen molar-refractivity contribution in [2.45, 2.75) is 19.9 Å². The van der Waals surface area contributed by atoms with Crippen LogP contribution in [0, 0.1) is 0 Å². The molecule has 0 atom stereocenters. The van der Waals surface area contributed by atoms with Gasteiger partial charge in [0, 0.05) is 18.3 Å². The Kier molecular flexibility index (Phi) is 3.50. The number of hydrogen-bond donors (Lipinski definition) is 1. The average molecular weight is 197 g/mol. The minimum Gasteiger partial charge on any atom is -0.468 e. The number of ether oxygens (including phenoxy) is 1. The molecule has 1 heterocycles. The summed E-state index contributed by atoms with van der Waals surface area (Å²) in [5.74, 6) is 0.383. The first-order chi connectivity index (χ1) is 6.63. The second kappa shape index (κ2) is 4.64. The van der Waals surface area contributed by atoms with Crippen LogP contribution in [0.2, 0.25) is 0 Å². The quantitative estimate of drug-likeness (QED) is 0.733. The molecule has 0 saturated heterocycles. The van der Waals surface area contributed by atoms with Gasteiger partial charge >= 0.3 is 5.97 Å². The molecule has 0 fully saturated rings. The maximum absolute atomic E-state index is 10.8. The van der Waals surface area contributed by atoms with Gasteiger partial charge in [0.1, 0.15) is 12.4 Å². The van der Waals surface area contributed by atoms with Crippen LogP contribution in [-0.2, 0) is 9.53 Å². The molecule has 0 unspecified atom stereocenters. The SMILES string of the molecule is COC(=O)CNc1ccn(C(C)C)n1. The number of hydrogen-bond acceptors (Lipinski definition) is 4. The lowest BCUT2D eigenvalue weighted by atomic mass is 10.4. The number of carbonyl (C=O) groups excluding carboxylic acids is 1. The van der Waals surface area contributed by atoms with E-state index < -0.39 is 0 Å². The molecule has 0 spiro atoms. The summed E-state index contributed by atoms with van der Waals surface area (Å²) in [5.41, 5.74) is 0. The maximum Gasteiger partial charge on any atom is 0.325 e. The Hall–Kier alpha value is -1.52. The number of esters is 1. The van der Waals surface area contributed by atoms with Gasteiger partial charge in [0.25, 0.3) is 0 Å². The maximum atomic E-state index is 10.8. The van der Waals surface area contributed by atoms with E-state index in [1.54, 1.807) is 0 Å². The summed E-state index contributed by atoms with van der Waals surface area (Å²) in [6, 6.07) is 2.15.